The van der Waals surface area contributed by atoms with Gasteiger partial charge in [-0.25, -0.2) is 9.97 Å². The minimum absolute atomic E-state index is 0.216. The molecule has 9 heteroatoms. The Balaban J connectivity index is 1.38. The summed E-state index contributed by atoms with van der Waals surface area (Å²) in [4.78, 5) is 30.0. The summed E-state index contributed by atoms with van der Waals surface area (Å²) in [6.07, 6.45) is 7.04. The van der Waals surface area contributed by atoms with Crippen LogP contribution in [0.4, 0.5) is 16.9 Å². The van der Waals surface area contributed by atoms with E-state index in [2.05, 4.69) is 25.8 Å². The standard InChI is InChI=1S/C23H29N7OS/c1-14-12-25-23(32-14)29-21-18-8-3-4-9-19(18)27-22(28-21)26-15-10-16-6-5-7-17(11-15)30(16)20(31)13-24-2/h3-4,8-9,12,15-17,24H,5-7,10-11,13H2,1-2H3,(H2,25,26,27,28,29). The van der Waals surface area contributed by atoms with Gasteiger partial charge in [0.15, 0.2) is 5.13 Å². The van der Waals surface area contributed by atoms with Crippen LogP contribution >= 0.6 is 11.3 Å². The van der Waals surface area contributed by atoms with E-state index in [1.165, 1.54) is 6.42 Å². The quantitative estimate of drug-likeness (QED) is 0.526. The zero-order valence-electron chi connectivity index (χ0n) is 18.5. The summed E-state index contributed by atoms with van der Waals surface area (Å²) in [6, 6.07) is 8.85. The lowest BCUT2D eigenvalue weighted by atomic mass is 9.81. The van der Waals surface area contributed by atoms with Crippen molar-refractivity contribution in [3.63, 3.8) is 0 Å². The largest absolute Gasteiger partial charge is 0.351 e. The number of benzene rings is 1. The van der Waals surface area contributed by atoms with E-state index in [4.69, 9.17) is 9.97 Å². The Morgan fingerprint density at radius 1 is 1.19 bits per heavy atom. The van der Waals surface area contributed by atoms with Crippen LogP contribution in [0.1, 0.15) is 37.0 Å². The van der Waals surface area contributed by atoms with Crippen LogP contribution in [0, 0.1) is 6.92 Å². The van der Waals surface area contributed by atoms with Gasteiger partial charge in [-0.2, -0.15) is 4.98 Å². The average Bonchev–Trinajstić information content (AvgIpc) is 3.18. The number of aromatic nitrogens is 3. The van der Waals surface area contributed by atoms with E-state index in [9.17, 15) is 4.79 Å². The molecule has 32 heavy (non-hydrogen) atoms. The van der Waals surface area contributed by atoms with Crippen molar-refractivity contribution in [3.8, 4) is 0 Å². The Morgan fingerprint density at radius 2 is 1.97 bits per heavy atom. The number of amides is 1. The minimum atomic E-state index is 0.216. The van der Waals surface area contributed by atoms with Gasteiger partial charge in [0.1, 0.15) is 5.82 Å². The zero-order valence-corrected chi connectivity index (χ0v) is 19.3. The number of nitrogens with one attached hydrogen (secondary N) is 3. The van der Waals surface area contributed by atoms with Crippen LogP contribution in [0.2, 0.25) is 0 Å². The predicted octanol–water partition coefficient (Wildman–Crippen LogP) is 3.68. The number of thiazole rings is 1. The summed E-state index contributed by atoms with van der Waals surface area (Å²) in [5, 5.41) is 11.8. The van der Waals surface area contributed by atoms with Crippen molar-refractivity contribution in [2.75, 3.05) is 24.2 Å². The van der Waals surface area contributed by atoms with Crippen LogP contribution in [0.3, 0.4) is 0 Å². The van der Waals surface area contributed by atoms with Crippen molar-refractivity contribution >= 4 is 45.0 Å². The van der Waals surface area contributed by atoms with Crippen LogP contribution in [0.25, 0.3) is 10.9 Å². The maximum atomic E-state index is 12.6. The molecule has 8 nitrogen and oxygen atoms in total. The van der Waals surface area contributed by atoms with Crippen LogP contribution in [-0.4, -0.2) is 57.5 Å². The van der Waals surface area contributed by atoms with Crippen molar-refractivity contribution in [3.05, 3.63) is 35.3 Å². The molecule has 0 aliphatic carbocycles. The van der Waals surface area contributed by atoms with Gasteiger partial charge in [0.05, 0.1) is 12.1 Å². The van der Waals surface area contributed by atoms with Crippen LogP contribution in [0.15, 0.2) is 30.5 Å². The van der Waals surface area contributed by atoms with E-state index in [0.29, 0.717) is 12.5 Å². The molecule has 3 aromatic rings. The number of para-hydroxylation sites is 1. The van der Waals surface area contributed by atoms with Crippen molar-refractivity contribution in [2.24, 2.45) is 0 Å². The molecule has 4 heterocycles. The minimum Gasteiger partial charge on any atom is -0.351 e. The lowest BCUT2D eigenvalue weighted by molar-refractivity contribution is -0.139. The molecule has 0 spiro atoms. The van der Waals surface area contributed by atoms with Gasteiger partial charge >= 0.3 is 0 Å². The summed E-state index contributed by atoms with van der Waals surface area (Å²) in [5.74, 6) is 1.60. The second kappa shape index (κ2) is 8.99. The fourth-order valence-corrected chi connectivity index (χ4v) is 5.75. The Morgan fingerprint density at radius 3 is 2.69 bits per heavy atom. The van der Waals surface area contributed by atoms with Crippen molar-refractivity contribution in [1.29, 1.82) is 0 Å². The fourth-order valence-electron chi connectivity index (χ4n) is 5.08. The molecule has 168 valence electrons. The molecule has 2 fully saturated rings. The van der Waals surface area contributed by atoms with Gasteiger partial charge < -0.3 is 20.9 Å². The number of piperidine rings is 2. The van der Waals surface area contributed by atoms with E-state index in [0.717, 1.165) is 52.4 Å². The van der Waals surface area contributed by atoms with Gasteiger partial charge in [-0.05, 0) is 58.2 Å². The molecule has 5 rings (SSSR count). The molecule has 2 unspecified atom stereocenters. The van der Waals surface area contributed by atoms with E-state index in [-0.39, 0.29) is 24.0 Å². The van der Waals surface area contributed by atoms with E-state index < -0.39 is 0 Å². The van der Waals surface area contributed by atoms with Crippen LogP contribution in [0.5, 0.6) is 0 Å². The molecule has 0 radical (unpaired) electrons. The Kier molecular flexibility index (Phi) is 5.93. The van der Waals surface area contributed by atoms with Gasteiger partial charge in [-0.1, -0.05) is 12.1 Å². The zero-order chi connectivity index (χ0) is 22.1. The molecule has 2 bridgehead atoms. The fraction of sp³-hybridized carbons (Fsp3) is 0.478. The van der Waals surface area contributed by atoms with Crippen LogP contribution < -0.4 is 16.0 Å². The molecule has 2 aromatic heterocycles. The number of carbonyl (C=O) groups excluding carboxylic acids is 1. The smallest absolute Gasteiger partial charge is 0.237 e. The molecule has 2 aliphatic heterocycles. The van der Waals surface area contributed by atoms with E-state index >= 15 is 0 Å². The Bertz CT molecular complexity index is 1100. The molecule has 0 saturated carbocycles. The number of anilines is 3. The topological polar surface area (TPSA) is 95.1 Å². The predicted molar refractivity (Wildman–Crippen MR) is 129 cm³/mol. The maximum absolute atomic E-state index is 12.6. The molecule has 2 saturated heterocycles. The summed E-state index contributed by atoms with van der Waals surface area (Å²) < 4.78 is 0. The van der Waals surface area contributed by atoms with Gasteiger partial charge in [0.25, 0.3) is 0 Å². The molecule has 1 aromatic carbocycles. The summed E-state index contributed by atoms with van der Waals surface area (Å²) in [5.41, 5.74) is 0.891. The third-order valence-corrected chi connectivity index (χ3v) is 7.20. The van der Waals surface area contributed by atoms with Crippen LogP contribution in [-0.2, 0) is 4.79 Å². The number of hydrogen-bond acceptors (Lipinski definition) is 8. The Hall–Kier alpha value is -2.78. The highest BCUT2D eigenvalue weighted by Gasteiger charge is 2.40. The average molecular weight is 452 g/mol. The first-order chi connectivity index (χ1) is 15.6. The van der Waals surface area contributed by atoms with Crippen molar-refractivity contribution in [1.82, 2.24) is 25.2 Å². The number of fused-ring (bicyclic) bond motifs is 3. The van der Waals surface area contributed by atoms with E-state index in [1.54, 1.807) is 11.3 Å². The van der Waals surface area contributed by atoms with Gasteiger partial charge in [-0.3, -0.25) is 4.79 Å². The number of rotatable bonds is 6. The third-order valence-electron chi connectivity index (χ3n) is 6.37. The number of aryl methyl sites for hydroxylation is 1. The number of carbonyl (C=O) groups is 1. The number of hydrogen-bond donors (Lipinski definition) is 3. The van der Waals surface area contributed by atoms with Gasteiger partial charge in [-0.15, -0.1) is 11.3 Å². The molecule has 3 N–H and O–H groups in total. The highest BCUT2D eigenvalue weighted by Crippen LogP contribution is 2.35. The third kappa shape index (κ3) is 4.27. The first kappa shape index (κ1) is 21.1. The molecule has 1 amide bonds. The highest BCUT2D eigenvalue weighted by molar-refractivity contribution is 7.15. The van der Waals surface area contributed by atoms with Crippen molar-refractivity contribution in [2.45, 2.75) is 57.2 Å². The summed E-state index contributed by atoms with van der Waals surface area (Å²) in [6.45, 7) is 2.45. The van der Waals surface area contributed by atoms with Gasteiger partial charge in [0.2, 0.25) is 11.9 Å². The van der Waals surface area contributed by atoms with Gasteiger partial charge in [0, 0.05) is 34.6 Å². The molecular weight excluding hydrogens is 422 g/mol. The Labute approximate surface area is 191 Å². The lowest BCUT2D eigenvalue weighted by Gasteiger charge is -2.49. The molecule has 2 atom stereocenters. The monoisotopic (exact) mass is 451 g/mol. The number of nitrogens with zero attached hydrogens (tertiary/aromatic N) is 4. The second-order valence-electron chi connectivity index (χ2n) is 8.70. The second-order valence-corrected chi connectivity index (χ2v) is 9.93. The molecule has 2 aliphatic rings. The number of likely N-dealkylation sites (N-methyl/N-ethyl adjacent to an activating group) is 1. The first-order valence-electron chi connectivity index (χ1n) is 11.3. The highest BCUT2D eigenvalue weighted by atomic mass is 32.1. The molecular formula is C23H29N7OS. The summed E-state index contributed by atoms with van der Waals surface area (Å²) in [7, 11) is 1.83. The van der Waals surface area contributed by atoms with Crippen molar-refractivity contribution < 1.29 is 4.79 Å². The first-order valence-corrected chi connectivity index (χ1v) is 12.1. The lowest BCUT2D eigenvalue weighted by Crippen LogP contribution is -2.58. The van der Waals surface area contributed by atoms with E-state index in [1.807, 2.05) is 44.4 Å². The SMILES string of the molecule is CNCC(=O)N1C2CCCC1CC(Nc1nc(Nc3ncc(C)s3)c3ccccc3n1)C2. The maximum Gasteiger partial charge on any atom is 0.237 e. The summed E-state index contributed by atoms with van der Waals surface area (Å²) >= 11 is 1.61. The normalized spacial score (nSPS) is 22.7.